The molecule has 0 aromatic rings. The average Bonchev–Trinajstić information content (AvgIpc) is 2.97. The molecule has 0 atom stereocenters. The number of thioether (sulfide) groups is 1. The zero-order valence-corrected chi connectivity index (χ0v) is 11.0. The van der Waals surface area contributed by atoms with Crippen LogP contribution in [0.3, 0.4) is 0 Å². The zero-order valence-electron chi connectivity index (χ0n) is 10.2. The SMILES string of the molecule is CSC1(CNCC(=O)N(C)C(C)C)CC1. The number of amides is 1. The van der Waals surface area contributed by atoms with Gasteiger partial charge in [-0.2, -0.15) is 11.8 Å². The number of rotatable bonds is 6. The van der Waals surface area contributed by atoms with Crippen molar-refractivity contribution >= 4 is 17.7 Å². The second kappa shape index (κ2) is 5.21. The van der Waals surface area contributed by atoms with Crippen LogP contribution in [0.15, 0.2) is 0 Å². The predicted octanol–water partition coefficient (Wildman–Crippen LogP) is 1.34. The molecule has 1 aliphatic carbocycles. The summed E-state index contributed by atoms with van der Waals surface area (Å²) in [6.07, 6.45) is 4.72. The topological polar surface area (TPSA) is 32.3 Å². The molecule has 15 heavy (non-hydrogen) atoms. The number of nitrogens with zero attached hydrogens (tertiary/aromatic N) is 1. The number of hydrogen-bond donors (Lipinski definition) is 1. The number of hydrogen-bond acceptors (Lipinski definition) is 3. The van der Waals surface area contributed by atoms with Crippen molar-refractivity contribution in [1.29, 1.82) is 0 Å². The van der Waals surface area contributed by atoms with E-state index in [1.54, 1.807) is 4.90 Å². The van der Waals surface area contributed by atoms with Crippen molar-refractivity contribution in [1.82, 2.24) is 10.2 Å². The van der Waals surface area contributed by atoms with Gasteiger partial charge in [-0.05, 0) is 32.9 Å². The first-order valence-electron chi connectivity index (χ1n) is 5.52. The van der Waals surface area contributed by atoms with E-state index in [0.29, 0.717) is 11.3 Å². The van der Waals surface area contributed by atoms with E-state index in [0.717, 1.165) is 6.54 Å². The van der Waals surface area contributed by atoms with E-state index in [-0.39, 0.29) is 11.9 Å². The van der Waals surface area contributed by atoms with Gasteiger partial charge < -0.3 is 10.2 Å². The minimum Gasteiger partial charge on any atom is -0.342 e. The van der Waals surface area contributed by atoms with E-state index in [4.69, 9.17) is 0 Å². The van der Waals surface area contributed by atoms with Crippen LogP contribution in [0.2, 0.25) is 0 Å². The van der Waals surface area contributed by atoms with Crippen LogP contribution in [0.1, 0.15) is 26.7 Å². The van der Waals surface area contributed by atoms with Gasteiger partial charge in [0, 0.05) is 24.4 Å². The zero-order chi connectivity index (χ0) is 11.5. The molecule has 4 heteroatoms. The Balaban J connectivity index is 2.17. The van der Waals surface area contributed by atoms with Gasteiger partial charge in [-0.15, -0.1) is 0 Å². The molecule has 3 nitrogen and oxygen atoms in total. The highest BCUT2D eigenvalue weighted by atomic mass is 32.2. The van der Waals surface area contributed by atoms with Gasteiger partial charge in [0.15, 0.2) is 0 Å². The first-order valence-corrected chi connectivity index (χ1v) is 6.75. The summed E-state index contributed by atoms with van der Waals surface area (Å²) in [6, 6.07) is 0.287. The Morgan fingerprint density at radius 3 is 2.53 bits per heavy atom. The summed E-state index contributed by atoms with van der Waals surface area (Å²) in [5.41, 5.74) is 0. The lowest BCUT2D eigenvalue weighted by Crippen LogP contribution is -2.41. The van der Waals surface area contributed by atoms with Gasteiger partial charge in [-0.25, -0.2) is 0 Å². The van der Waals surface area contributed by atoms with Gasteiger partial charge in [0.2, 0.25) is 5.91 Å². The summed E-state index contributed by atoms with van der Waals surface area (Å²) in [4.78, 5) is 13.4. The molecule has 0 aliphatic heterocycles. The Labute approximate surface area is 97.0 Å². The minimum absolute atomic E-state index is 0.182. The highest BCUT2D eigenvalue weighted by molar-refractivity contribution is 8.00. The lowest BCUT2D eigenvalue weighted by molar-refractivity contribution is -0.130. The summed E-state index contributed by atoms with van der Waals surface area (Å²) in [5, 5.41) is 3.26. The van der Waals surface area contributed by atoms with Gasteiger partial charge >= 0.3 is 0 Å². The summed E-state index contributed by atoms with van der Waals surface area (Å²) in [6.45, 7) is 5.49. The number of carbonyl (C=O) groups is 1. The molecule has 0 bridgehead atoms. The standard InChI is InChI=1S/C11H22N2OS/c1-9(2)13(3)10(14)7-12-8-11(15-4)5-6-11/h9,12H,5-8H2,1-4H3. The quantitative estimate of drug-likeness (QED) is 0.747. The molecule has 1 rings (SSSR count). The Bertz CT molecular complexity index is 227. The normalized spacial score (nSPS) is 17.9. The molecule has 0 saturated heterocycles. The molecular weight excluding hydrogens is 208 g/mol. The third kappa shape index (κ3) is 3.68. The van der Waals surface area contributed by atoms with E-state index in [1.165, 1.54) is 12.8 Å². The Hall–Kier alpha value is -0.220. The van der Waals surface area contributed by atoms with E-state index in [2.05, 4.69) is 11.6 Å². The maximum atomic E-state index is 11.6. The molecule has 0 unspecified atom stereocenters. The van der Waals surface area contributed by atoms with Gasteiger partial charge in [0.05, 0.1) is 6.54 Å². The summed E-state index contributed by atoms with van der Waals surface area (Å²) < 4.78 is 0.441. The van der Waals surface area contributed by atoms with Crippen LogP contribution in [0, 0.1) is 0 Å². The maximum absolute atomic E-state index is 11.6. The first-order chi connectivity index (χ1) is 7.01. The number of nitrogens with one attached hydrogen (secondary N) is 1. The Kier molecular flexibility index (Phi) is 4.46. The Morgan fingerprint density at radius 1 is 1.53 bits per heavy atom. The minimum atomic E-state index is 0.182. The predicted molar refractivity (Wildman–Crippen MR) is 66.3 cm³/mol. The first kappa shape index (κ1) is 12.8. The van der Waals surface area contributed by atoms with Crippen LogP contribution in [0.25, 0.3) is 0 Å². The highest BCUT2D eigenvalue weighted by Gasteiger charge is 2.41. The molecule has 1 aliphatic rings. The molecule has 1 N–H and O–H groups in total. The van der Waals surface area contributed by atoms with E-state index >= 15 is 0 Å². The molecule has 0 spiro atoms. The van der Waals surface area contributed by atoms with Crippen LogP contribution >= 0.6 is 11.8 Å². The van der Waals surface area contributed by atoms with E-state index < -0.39 is 0 Å². The molecule has 0 radical (unpaired) electrons. The third-order valence-electron chi connectivity index (χ3n) is 3.13. The van der Waals surface area contributed by atoms with Crippen molar-refractivity contribution < 1.29 is 4.79 Å². The molecule has 1 saturated carbocycles. The van der Waals surface area contributed by atoms with Crippen LogP contribution in [0.4, 0.5) is 0 Å². The van der Waals surface area contributed by atoms with Crippen molar-refractivity contribution in [3.63, 3.8) is 0 Å². The monoisotopic (exact) mass is 230 g/mol. The van der Waals surface area contributed by atoms with Gasteiger partial charge in [-0.1, -0.05) is 0 Å². The average molecular weight is 230 g/mol. The van der Waals surface area contributed by atoms with Crippen molar-refractivity contribution in [2.75, 3.05) is 26.4 Å². The fourth-order valence-electron chi connectivity index (χ4n) is 1.40. The lowest BCUT2D eigenvalue weighted by Gasteiger charge is -2.22. The van der Waals surface area contributed by atoms with E-state index in [1.807, 2.05) is 32.7 Å². The van der Waals surface area contributed by atoms with Crippen LogP contribution < -0.4 is 5.32 Å². The molecule has 0 aromatic heterocycles. The molecule has 0 aromatic carbocycles. The number of likely N-dealkylation sites (N-methyl/N-ethyl adjacent to an activating group) is 1. The second-order valence-electron chi connectivity index (χ2n) is 4.59. The van der Waals surface area contributed by atoms with Crippen molar-refractivity contribution in [2.24, 2.45) is 0 Å². The van der Waals surface area contributed by atoms with Crippen LogP contribution in [-0.2, 0) is 4.79 Å². The van der Waals surface area contributed by atoms with Gasteiger partial charge in [-0.3, -0.25) is 4.79 Å². The molecule has 1 amide bonds. The van der Waals surface area contributed by atoms with Crippen LogP contribution in [0.5, 0.6) is 0 Å². The second-order valence-corrected chi connectivity index (χ2v) is 5.86. The number of carbonyl (C=O) groups excluding carboxylic acids is 1. The van der Waals surface area contributed by atoms with Gasteiger partial charge in [0.25, 0.3) is 0 Å². The van der Waals surface area contributed by atoms with Crippen molar-refractivity contribution in [2.45, 2.75) is 37.5 Å². The summed E-state index contributed by atoms with van der Waals surface area (Å²) in [7, 11) is 1.86. The summed E-state index contributed by atoms with van der Waals surface area (Å²) >= 11 is 1.92. The van der Waals surface area contributed by atoms with Crippen molar-refractivity contribution in [3.05, 3.63) is 0 Å². The largest absolute Gasteiger partial charge is 0.342 e. The van der Waals surface area contributed by atoms with E-state index in [9.17, 15) is 4.79 Å². The Morgan fingerprint density at radius 2 is 2.13 bits per heavy atom. The van der Waals surface area contributed by atoms with Gasteiger partial charge in [0.1, 0.15) is 0 Å². The summed E-state index contributed by atoms with van der Waals surface area (Å²) in [5.74, 6) is 0.182. The fraction of sp³-hybridized carbons (Fsp3) is 0.909. The highest BCUT2D eigenvalue weighted by Crippen LogP contribution is 2.46. The lowest BCUT2D eigenvalue weighted by atomic mass is 10.3. The molecular formula is C11H22N2OS. The molecule has 88 valence electrons. The van der Waals surface area contributed by atoms with Crippen LogP contribution in [-0.4, -0.2) is 48.0 Å². The van der Waals surface area contributed by atoms with Crippen molar-refractivity contribution in [3.8, 4) is 0 Å². The third-order valence-corrected chi connectivity index (χ3v) is 4.55. The molecule has 1 fully saturated rings. The maximum Gasteiger partial charge on any atom is 0.236 e. The molecule has 0 heterocycles. The smallest absolute Gasteiger partial charge is 0.236 e. The fourth-order valence-corrected chi connectivity index (χ4v) is 2.16.